The minimum atomic E-state index is -1.35. The number of para-hydroxylation sites is 1. The summed E-state index contributed by atoms with van der Waals surface area (Å²) in [5, 5.41) is 36.8. The first-order valence-electron chi connectivity index (χ1n) is 12.9. The lowest BCUT2D eigenvalue weighted by Gasteiger charge is -2.25. The third-order valence-corrected chi connectivity index (χ3v) is 6.42. The lowest BCUT2D eigenvalue weighted by molar-refractivity contribution is -0.142. The molecular formula is C28H33N5O8. The SMILES string of the molecule is CC(N)C(=O)NC(CCC(=O)O)C(=O)NC(Cc1ccc(O)cc1)C(=O)NC(Cc1c[nH]c2ccccc12)C(=O)O. The van der Waals surface area contributed by atoms with Crippen LogP contribution in [0.5, 0.6) is 5.75 Å². The molecule has 4 atom stereocenters. The maximum atomic E-state index is 13.4. The summed E-state index contributed by atoms with van der Waals surface area (Å²) in [6.07, 6.45) is 0.806. The van der Waals surface area contributed by atoms with E-state index in [9.17, 15) is 34.2 Å². The van der Waals surface area contributed by atoms with E-state index in [0.29, 0.717) is 11.1 Å². The number of aromatic nitrogens is 1. The van der Waals surface area contributed by atoms with Crippen LogP contribution in [0.4, 0.5) is 0 Å². The maximum Gasteiger partial charge on any atom is 0.326 e. The van der Waals surface area contributed by atoms with Crippen molar-refractivity contribution < 1.29 is 39.3 Å². The van der Waals surface area contributed by atoms with Crippen LogP contribution in [-0.4, -0.2) is 74.1 Å². The van der Waals surface area contributed by atoms with E-state index in [2.05, 4.69) is 20.9 Å². The number of carbonyl (C=O) groups excluding carboxylic acids is 3. The smallest absolute Gasteiger partial charge is 0.326 e. The number of rotatable bonds is 14. The monoisotopic (exact) mass is 567 g/mol. The number of carboxylic acid groups (broad SMARTS) is 2. The van der Waals surface area contributed by atoms with Crippen molar-refractivity contribution in [3.63, 3.8) is 0 Å². The molecule has 13 nitrogen and oxygen atoms in total. The summed E-state index contributed by atoms with van der Waals surface area (Å²) >= 11 is 0. The van der Waals surface area contributed by atoms with E-state index in [1.165, 1.54) is 31.2 Å². The summed E-state index contributed by atoms with van der Waals surface area (Å²) in [6, 6.07) is 8.18. The summed E-state index contributed by atoms with van der Waals surface area (Å²) in [4.78, 5) is 65.1. The van der Waals surface area contributed by atoms with Gasteiger partial charge >= 0.3 is 11.9 Å². The molecule has 13 heteroatoms. The Morgan fingerprint density at radius 1 is 0.829 bits per heavy atom. The number of phenolic OH excluding ortho intramolecular Hbond substituents is 1. The number of carbonyl (C=O) groups is 5. The molecule has 3 rings (SSSR count). The summed E-state index contributed by atoms with van der Waals surface area (Å²) < 4.78 is 0. The zero-order valence-corrected chi connectivity index (χ0v) is 22.3. The minimum absolute atomic E-state index is 0.0178. The highest BCUT2D eigenvalue weighted by molar-refractivity contribution is 5.94. The normalized spacial score (nSPS) is 13.9. The molecule has 1 aromatic heterocycles. The van der Waals surface area contributed by atoms with Gasteiger partial charge < -0.3 is 42.0 Å². The Bertz CT molecular complexity index is 1400. The van der Waals surface area contributed by atoms with Crippen molar-refractivity contribution >= 4 is 40.6 Å². The van der Waals surface area contributed by atoms with Crippen LogP contribution in [0.2, 0.25) is 0 Å². The molecule has 0 aliphatic rings. The topological polar surface area (TPSA) is 224 Å². The zero-order valence-electron chi connectivity index (χ0n) is 22.3. The molecule has 218 valence electrons. The molecule has 0 saturated carbocycles. The van der Waals surface area contributed by atoms with Gasteiger partial charge in [-0.2, -0.15) is 0 Å². The van der Waals surface area contributed by atoms with Crippen LogP contribution in [0.15, 0.2) is 54.7 Å². The average molecular weight is 568 g/mol. The molecule has 41 heavy (non-hydrogen) atoms. The van der Waals surface area contributed by atoms with Crippen LogP contribution in [0, 0.1) is 0 Å². The number of nitrogens with two attached hydrogens (primary N) is 1. The number of benzene rings is 2. The van der Waals surface area contributed by atoms with E-state index in [4.69, 9.17) is 10.8 Å². The van der Waals surface area contributed by atoms with Crippen molar-refractivity contribution in [1.29, 1.82) is 0 Å². The van der Waals surface area contributed by atoms with Crippen LogP contribution in [0.25, 0.3) is 10.9 Å². The van der Waals surface area contributed by atoms with Gasteiger partial charge in [0, 0.05) is 36.4 Å². The number of aromatic hydroxyl groups is 1. The van der Waals surface area contributed by atoms with Gasteiger partial charge in [-0.15, -0.1) is 0 Å². The minimum Gasteiger partial charge on any atom is -0.508 e. The average Bonchev–Trinajstić information content (AvgIpc) is 3.33. The van der Waals surface area contributed by atoms with Crippen molar-refractivity contribution in [1.82, 2.24) is 20.9 Å². The molecule has 0 bridgehead atoms. The number of hydrogen-bond acceptors (Lipinski definition) is 7. The number of fused-ring (bicyclic) bond motifs is 1. The predicted molar refractivity (Wildman–Crippen MR) is 148 cm³/mol. The van der Waals surface area contributed by atoms with Gasteiger partial charge in [0.2, 0.25) is 17.7 Å². The molecule has 0 fully saturated rings. The number of hydrogen-bond donors (Lipinski definition) is 8. The van der Waals surface area contributed by atoms with Crippen molar-refractivity contribution in [2.75, 3.05) is 0 Å². The van der Waals surface area contributed by atoms with E-state index in [1.807, 2.05) is 24.3 Å². The number of amides is 3. The molecule has 4 unspecified atom stereocenters. The molecular weight excluding hydrogens is 534 g/mol. The molecule has 3 aromatic rings. The van der Waals surface area contributed by atoms with Crippen molar-refractivity contribution in [2.24, 2.45) is 5.73 Å². The molecule has 0 spiro atoms. The number of aliphatic carboxylic acids is 2. The van der Waals surface area contributed by atoms with Gasteiger partial charge in [0.25, 0.3) is 0 Å². The predicted octanol–water partition coefficient (Wildman–Crippen LogP) is 0.410. The van der Waals surface area contributed by atoms with Crippen LogP contribution in [0.3, 0.4) is 0 Å². The number of aromatic amines is 1. The third-order valence-electron chi connectivity index (χ3n) is 6.42. The Kier molecular flexibility index (Phi) is 10.4. The van der Waals surface area contributed by atoms with Gasteiger partial charge in [-0.1, -0.05) is 30.3 Å². The fraction of sp³-hybridized carbons (Fsp3) is 0.321. The highest BCUT2D eigenvalue weighted by Crippen LogP contribution is 2.19. The van der Waals surface area contributed by atoms with E-state index in [-0.39, 0.29) is 25.0 Å². The molecule has 0 aliphatic heterocycles. The lowest BCUT2D eigenvalue weighted by atomic mass is 10.0. The van der Waals surface area contributed by atoms with Gasteiger partial charge in [0.05, 0.1) is 6.04 Å². The molecule has 0 saturated heterocycles. The molecule has 0 radical (unpaired) electrons. The Morgan fingerprint density at radius 3 is 2.07 bits per heavy atom. The van der Waals surface area contributed by atoms with E-state index < -0.39 is 60.2 Å². The van der Waals surface area contributed by atoms with Crippen LogP contribution in [0.1, 0.15) is 30.9 Å². The van der Waals surface area contributed by atoms with Gasteiger partial charge in [0.1, 0.15) is 23.9 Å². The van der Waals surface area contributed by atoms with Gasteiger partial charge in [-0.3, -0.25) is 19.2 Å². The number of phenols is 1. The van der Waals surface area contributed by atoms with Crippen molar-refractivity contribution in [3.05, 3.63) is 65.9 Å². The first-order chi connectivity index (χ1) is 19.4. The first-order valence-corrected chi connectivity index (χ1v) is 12.9. The fourth-order valence-corrected chi connectivity index (χ4v) is 4.18. The Balaban J connectivity index is 1.83. The van der Waals surface area contributed by atoms with Crippen LogP contribution < -0.4 is 21.7 Å². The lowest BCUT2D eigenvalue weighted by Crippen LogP contribution is -2.57. The van der Waals surface area contributed by atoms with Gasteiger partial charge in [-0.25, -0.2) is 4.79 Å². The highest BCUT2D eigenvalue weighted by Gasteiger charge is 2.31. The third kappa shape index (κ3) is 8.80. The van der Waals surface area contributed by atoms with Gasteiger partial charge in [0.15, 0.2) is 0 Å². The molecule has 2 aromatic carbocycles. The van der Waals surface area contributed by atoms with Gasteiger partial charge in [-0.05, 0) is 42.7 Å². The molecule has 1 heterocycles. The second-order valence-corrected chi connectivity index (χ2v) is 9.68. The second-order valence-electron chi connectivity index (χ2n) is 9.68. The fourth-order valence-electron chi connectivity index (χ4n) is 4.18. The Labute approximate surface area is 235 Å². The largest absolute Gasteiger partial charge is 0.508 e. The molecule has 0 aliphatic carbocycles. The molecule has 9 N–H and O–H groups in total. The quantitative estimate of drug-likeness (QED) is 0.135. The summed E-state index contributed by atoms with van der Waals surface area (Å²) in [6.45, 7) is 1.39. The van der Waals surface area contributed by atoms with Crippen LogP contribution >= 0.6 is 0 Å². The first kappa shape index (κ1) is 30.6. The second kappa shape index (κ2) is 13.9. The number of carboxylic acids is 2. The highest BCUT2D eigenvalue weighted by atomic mass is 16.4. The summed E-state index contributed by atoms with van der Waals surface area (Å²) in [5.74, 6) is -4.85. The van der Waals surface area contributed by atoms with Crippen molar-refractivity contribution in [2.45, 2.75) is 56.8 Å². The number of nitrogens with one attached hydrogen (secondary N) is 4. The van der Waals surface area contributed by atoms with E-state index in [1.54, 1.807) is 6.20 Å². The Hall–Kier alpha value is -4.91. The summed E-state index contributed by atoms with van der Waals surface area (Å²) in [5.41, 5.74) is 7.58. The molecule has 3 amide bonds. The zero-order chi connectivity index (χ0) is 30.1. The van der Waals surface area contributed by atoms with E-state index >= 15 is 0 Å². The van der Waals surface area contributed by atoms with E-state index in [0.717, 1.165) is 10.9 Å². The van der Waals surface area contributed by atoms with Crippen LogP contribution in [-0.2, 0) is 36.8 Å². The van der Waals surface area contributed by atoms with Crippen molar-refractivity contribution in [3.8, 4) is 5.75 Å². The standard InChI is InChI=1S/C28H33N5O8/c1-15(29)25(37)31-21(10-11-24(35)36)26(38)32-22(12-16-6-8-18(34)9-7-16)27(39)33-23(28(40)41)13-17-14-30-20-5-3-2-4-19(17)20/h2-9,14-15,21-23,30,34H,10-13,29H2,1H3,(H,31,37)(H,32,38)(H,33,39)(H,35,36)(H,40,41). The Morgan fingerprint density at radius 2 is 1.44 bits per heavy atom. The maximum absolute atomic E-state index is 13.4. The summed E-state index contributed by atoms with van der Waals surface area (Å²) in [7, 11) is 0. The number of H-pyrrole nitrogens is 1.